The maximum absolute atomic E-state index is 12.0. The predicted octanol–water partition coefficient (Wildman–Crippen LogP) is 3.03. The molecule has 0 radical (unpaired) electrons. The summed E-state index contributed by atoms with van der Waals surface area (Å²) >= 11 is 0. The molecule has 6 nitrogen and oxygen atoms in total. The Morgan fingerprint density at radius 1 is 0.742 bits per heavy atom. The normalized spacial score (nSPS) is 10.3. The smallest absolute Gasteiger partial charge is 0.257 e. The Labute approximate surface area is 182 Å². The molecule has 0 saturated carbocycles. The summed E-state index contributed by atoms with van der Waals surface area (Å²) in [4.78, 5) is 22.9. The first-order valence-electron chi connectivity index (χ1n) is 10.1. The van der Waals surface area contributed by atoms with Crippen LogP contribution in [-0.2, 0) is 29.0 Å². The number of carbonyl (C=O) groups is 2. The Kier molecular flexibility index (Phi) is 8.05. The molecule has 0 fully saturated rings. The third-order valence-corrected chi connectivity index (χ3v) is 4.58. The highest BCUT2D eigenvalue weighted by Crippen LogP contribution is 2.15. The molecule has 0 heterocycles. The minimum atomic E-state index is -0.387. The largest absolute Gasteiger partial charge is 0.489 e. The van der Waals surface area contributed by atoms with E-state index in [-0.39, 0.29) is 24.8 Å². The van der Waals surface area contributed by atoms with Gasteiger partial charge in [-0.1, -0.05) is 54.6 Å². The van der Waals surface area contributed by atoms with Crippen molar-refractivity contribution in [3.05, 3.63) is 95.6 Å². The standard InChI is InChI=1S/C25H26N2O4/c26-24(28)16-20-8-12-23(13-9-20)31-18-25(29)27-15-14-19-6-10-22(11-7-19)30-17-21-4-2-1-3-5-21/h1-13H,14-18H2,(H2,26,28)(H,27,29). The van der Waals surface area contributed by atoms with Gasteiger partial charge in [0, 0.05) is 6.54 Å². The predicted molar refractivity (Wildman–Crippen MR) is 119 cm³/mol. The van der Waals surface area contributed by atoms with E-state index in [9.17, 15) is 9.59 Å². The van der Waals surface area contributed by atoms with Gasteiger partial charge in [-0.25, -0.2) is 0 Å². The van der Waals surface area contributed by atoms with Crippen molar-refractivity contribution in [2.24, 2.45) is 5.73 Å². The number of nitrogens with one attached hydrogen (secondary N) is 1. The van der Waals surface area contributed by atoms with E-state index in [1.807, 2.05) is 54.6 Å². The van der Waals surface area contributed by atoms with Crippen molar-refractivity contribution in [1.29, 1.82) is 0 Å². The molecule has 0 aliphatic rings. The summed E-state index contributed by atoms with van der Waals surface area (Å²) in [6, 6.07) is 24.8. The molecule has 0 aromatic heterocycles. The molecule has 3 rings (SSSR count). The average Bonchev–Trinajstić information content (AvgIpc) is 2.78. The number of hydrogen-bond donors (Lipinski definition) is 2. The fraction of sp³-hybridized carbons (Fsp3) is 0.200. The number of rotatable bonds is 11. The van der Waals surface area contributed by atoms with Crippen LogP contribution in [0.3, 0.4) is 0 Å². The van der Waals surface area contributed by atoms with Gasteiger partial charge in [0.15, 0.2) is 6.61 Å². The summed E-state index contributed by atoms with van der Waals surface area (Å²) < 4.78 is 11.2. The van der Waals surface area contributed by atoms with Gasteiger partial charge in [-0.2, -0.15) is 0 Å². The highest BCUT2D eigenvalue weighted by molar-refractivity contribution is 5.77. The van der Waals surface area contributed by atoms with Gasteiger partial charge in [-0.3, -0.25) is 9.59 Å². The number of hydrogen-bond acceptors (Lipinski definition) is 4. The average molecular weight is 418 g/mol. The van der Waals surface area contributed by atoms with Crippen LogP contribution < -0.4 is 20.5 Å². The maximum Gasteiger partial charge on any atom is 0.257 e. The zero-order valence-corrected chi connectivity index (χ0v) is 17.3. The van der Waals surface area contributed by atoms with Gasteiger partial charge >= 0.3 is 0 Å². The Morgan fingerprint density at radius 3 is 2.00 bits per heavy atom. The molecule has 160 valence electrons. The molecule has 31 heavy (non-hydrogen) atoms. The van der Waals surface area contributed by atoms with Crippen LogP contribution in [0, 0.1) is 0 Å². The minimum Gasteiger partial charge on any atom is -0.489 e. The number of benzene rings is 3. The summed E-state index contributed by atoms with van der Waals surface area (Å²) in [7, 11) is 0. The summed E-state index contributed by atoms with van der Waals surface area (Å²) in [5.74, 6) is 0.799. The van der Waals surface area contributed by atoms with Crippen molar-refractivity contribution in [2.45, 2.75) is 19.4 Å². The lowest BCUT2D eigenvalue weighted by Gasteiger charge is -2.09. The lowest BCUT2D eigenvalue weighted by molar-refractivity contribution is -0.123. The quantitative estimate of drug-likeness (QED) is 0.501. The van der Waals surface area contributed by atoms with Crippen molar-refractivity contribution >= 4 is 11.8 Å². The second kappa shape index (κ2) is 11.4. The molecule has 0 bridgehead atoms. The lowest BCUT2D eigenvalue weighted by Crippen LogP contribution is -2.30. The van der Waals surface area contributed by atoms with Crippen LogP contribution in [0.2, 0.25) is 0 Å². The van der Waals surface area contributed by atoms with E-state index in [0.717, 1.165) is 22.4 Å². The second-order valence-corrected chi connectivity index (χ2v) is 7.09. The molecule has 0 saturated heterocycles. The Bertz CT molecular complexity index is 971. The van der Waals surface area contributed by atoms with E-state index in [2.05, 4.69) is 5.32 Å². The molecule has 3 aromatic rings. The molecule has 0 atom stereocenters. The second-order valence-electron chi connectivity index (χ2n) is 7.09. The summed E-state index contributed by atoms with van der Waals surface area (Å²) in [6.45, 7) is 0.982. The van der Waals surface area contributed by atoms with Crippen molar-refractivity contribution in [2.75, 3.05) is 13.2 Å². The van der Waals surface area contributed by atoms with Gasteiger partial charge in [0.05, 0.1) is 6.42 Å². The van der Waals surface area contributed by atoms with Crippen LogP contribution in [0.5, 0.6) is 11.5 Å². The van der Waals surface area contributed by atoms with Crippen molar-refractivity contribution in [1.82, 2.24) is 5.32 Å². The first-order valence-corrected chi connectivity index (χ1v) is 10.1. The van der Waals surface area contributed by atoms with Crippen LogP contribution in [-0.4, -0.2) is 25.0 Å². The van der Waals surface area contributed by atoms with Crippen LogP contribution in [0.1, 0.15) is 16.7 Å². The Balaban J connectivity index is 1.34. The fourth-order valence-electron chi connectivity index (χ4n) is 2.94. The van der Waals surface area contributed by atoms with E-state index in [0.29, 0.717) is 25.3 Å². The number of nitrogens with two attached hydrogens (primary N) is 1. The minimum absolute atomic E-state index is 0.0680. The van der Waals surface area contributed by atoms with Crippen molar-refractivity contribution < 1.29 is 19.1 Å². The van der Waals surface area contributed by atoms with Crippen LogP contribution in [0.15, 0.2) is 78.9 Å². The van der Waals surface area contributed by atoms with Crippen LogP contribution in [0.25, 0.3) is 0 Å². The number of amides is 2. The van der Waals surface area contributed by atoms with Crippen LogP contribution in [0.4, 0.5) is 0 Å². The van der Waals surface area contributed by atoms with E-state index in [1.165, 1.54) is 0 Å². The molecule has 2 amide bonds. The molecule has 0 spiro atoms. The number of primary amides is 1. The molecule has 0 unspecified atom stereocenters. The molecular formula is C25H26N2O4. The van der Waals surface area contributed by atoms with E-state index < -0.39 is 0 Å². The molecule has 0 aliphatic heterocycles. The van der Waals surface area contributed by atoms with Gasteiger partial charge < -0.3 is 20.5 Å². The van der Waals surface area contributed by atoms with E-state index >= 15 is 0 Å². The van der Waals surface area contributed by atoms with E-state index in [4.69, 9.17) is 15.2 Å². The topological polar surface area (TPSA) is 90.7 Å². The van der Waals surface area contributed by atoms with Gasteiger partial charge in [-0.15, -0.1) is 0 Å². The molecule has 3 aromatic carbocycles. The van der Waals surface area contributed by atoms with Gasteiger partial charge in [0.25, 0.3) is 5.91 Å². The summed E-state index contributed by atoms with van der Waals surface area (Å²) in [5.41, 5.74) is 8.20. The van der Waals surface area contributed by atoms with Crippen molar-refractivity contribution in [3.63, 3.8) is 0 Å². The zero-order chi connectivity index (χ0) is 21.9. The summed E-state index contributed by atoms with van der Waals surface area (Å²) in [6.07, 6.45) is 0.896. The Morgan fingerprint density at radius 2 is 1.35 bits per heavy atom. The highest BCUT2D eigenvalue weighted by Gasteiger charge is 2.04. The van der Waals surface area contributed by atoms with E-state index in [1.54, 1.807) is 24.3 Å². The molecule has 0 aliphatic carbocycles. The van der Waals surface area contributed by atoms with Crippen molar-refractivity contribution in [3.8, 4) is 11.5 Å². The third-order valence-electron chi connectivity index (χ3n) is 4.58. The molecule has 3 N–H and O–H groups in total. The number of ether oxygens (including phenoxy) is 2. The van der Waals surface area contributed by atoms with Gasteiger partial charge in [-0.05, 0) is 47.4 Å². The first kappa shape index (κ1) is 21.9. The van der Waals surface area contributed by atoms with Gasteiger partial charge in [0.1, 0.15) is 18.1 Å². The summed E-state index contributed by atoms with van der Waals surface area (Å²) in [5, 5.41) is 2.84. The Hall–Kier alpha value is -3.80. The van der Waals surface area contributed by atoms with Crippen LogP contribution >= 0.6 is 0 Å². The maximum atomic E-state index is 12.0. The first-order chi connectivity index (χ1) is 15.1. The SMILES string of the molecule is NC(=O)Cc1ccc(OCC(=O)NCCc2ccc(OCc3ccccc3)cc2)cc1. The third kappa shape index (κ3) is 7.85. The highest BCUT2D eigenvalue weighted by atomic mass is 16.5. The molecular weight excluding hydrogens is 392 g/mol. The fourth-order valence-corrected chi connectivity index (χ4v) is 2.94. The molecule has 6 heteroatoms. The zero-order valence-electron chi connectivity index (χ0n) is 17.3. The van der Waals surface area contributed by atoms with Gasteiger partial charge in [0.2, 0.25) is 5.91 Å². The lowest BCUT2D eigenvalue weighted by atomic mass is 10.1. The monoisotopic (exact) mass is 418 g/mol. The number of carbonyl (C=O) groups excluding carboxylic acids is 2.